The molecule has 1 aromatic carbocycles. The molecular formula is C15H19N3. The molecule has 1 aliphatic heterocycles. The molecule has 0 spiro atoms. The van der Waals surface area contributed by atoms with Gasteiger partial charge in [0.1, 0.15) is 0 Å². The average Bonchev–Trinajstić information content (AvgIpc) is 2.72. The molecule has 18 heavy (non-hydrogen) atoms. The summed E-state index contributed by atoms with van der Waals surface area (Å²) in [6.45, 7) is 5.26. The van der Waals surface area contributed by atoms with E-state index in [1.807, 2.05) is 6.33 Å². The standard InChI is InChI=1S/C15H19N3/c1-10-3-4-13(11(2)7-10)15-14-8-12(16)5-6-18(14)9-17-15/h3-4,7,9,12H,5-6,8,16H2,1-2H3. The Morgan fingerprint density at radius 3 is 2.94 bits per heavy atom. The number of nitrogens with two attached hydrogens (primary N) is 1. The first-order valence-electron chi connectivity index (χ1n) is 6.52. The Hall–Kier alpha value is -1.61. The highest BCUT2D eigenvalue weighted by Crippen LogP contribution is 2.29. The fraction of sp³-hybridized carbons (Fsp3) is 0.400. The second kappa shape index (κ2) is 4.25. The van der Waals surface area contributed by atoms with Crippen LogP contribution in [0.3, 0.4) is 0 Å². The fourth-order valence-electron chi connectivity index (χ4n) is 2.77. The first-order valence-corrected chi connectivity index (χ1v) is 6.52. The van der Waals surface area contributed by atoms with Crippen molar-refractivity contribution in [1.29, 1.82) is 0 Å². The SMILES string of the molecule is Cc1ccc(-c2ncn3c2CC(N)CC3)c(C)c1. The summed E-state index contributed by atoms with van der Waals surface area (Å²) >= 11 is 0. The maximum absolute atomic E-state index is 6.08. The number of hydrogen-bond donors (Lipinski definition) is 1. The van der Waals surface area contributed by atoms with Crippen molar-refractivity contribution in [3.8, 4) is 11.3 Å². The van der Waals surface area contributed by atoms with Gasteiger partial charge in [-0.2, -0.15) is 0 Å². The molecule has 2 N–H and O–H groups in total. The summed E-state index contributed by atoms with van der Waals surface area (Å²) in [4.78, 5) is 4.60. The third-order valence-corrected chi connectivity index (χ3v) is 3.78. The van der Waals surface area contributed by atoms with E-state index in [4.69, 9.17) is 5.73 Å². The topological polar surface area (TPSA) is 43.8 Å². The molecular weight excluding hydrogens is 222 g/mol. The minimum Gasteiger partial charge on any atom is -0.334 e. The summed E-state index contributed by atoms with van der Waals surface area (Å²) in [6, 6.07) is 6.81. The predicted molar refractivity (Wildman–Crippen MR) is 73.4 cm³/mol. The summed E-state index contributed by atoms with van der Waals surface area (Å²) < 4.78 is 2.25. The van der Waals surface area contributed by atoms with Gasteiger partial charge >= 0.3 is 0 Å². The fourth-order valence-corrected chi connectivity index (χ4v) is 2.77. The lowest BCUT2D eigenvalue weighted by atomic mass is 9.97. The Balaban J connectivity index is 2.10. The van der Waals surface area contributed by atoms with Crippen molar-refractivity contribution in [2.75, 3.05) is 0 Å². The van der Waals surface area contributed by atoms with Crippen molar-refractivity contribution in [2.45, 2.75) is 39.3 Å². The van der Waals surface area contributed by atoms with Crippen LogP contribution in [-0.2, 0) is 13.0 Å². The molecule has 1 aromatic heterocycles. The van der Waals surface area contributed by atoms with Gasteiger partial charge in [-0.15, -0.1) is 0 Å². The molecule has 94 valence electrons. The van der Waals surface area contributed by atoms with Gasteiger partial charge in [0.15, 0.2) is 0 Å². The maximum Gasteiger partial charge on any atom is 0.0956 e. The normalized spacial score (nSPS) is 18.7. The zero-order chi connectivity index (χ0) is 12.7. The van der Waals surface area contributed by atoms with E-state index in [0.717, 1.165) is 25.1 Å². The quantitative estimate of drug-likeness (QED) is 0.833. The lowest BCUT2D eigenvalue weighted by Crippen LogP contribution is -2.30. The molecule has 0 saturated heterocycles. The third kappa shape index (κ3) is 1.85. The molecule has 2 heterocycles. The first kappa shape index (κ1) is 11.5. The zero-order valence-electron chi connectivity index (χ0n) is 11.0. The van der Waals surface area contributed by atoms with E-state index in [1.165, 1.54) is 22.4 Å². The van der Waals surface area contributed by atoms with E-state index in [-0.39, 0.29) is 6.04 Å². The zero-order valence-corrected chi connectivity index (χ0v) is 11.0. The molecule has 0 aliphatic carbocycles. The van der Waals surface area contributed by atoms with Crippen LogP contribution in [0, 0.1) is 13.8 Å². The van der Waals surface area contributed by atoms with E-state index in [2.05, 4.69) is 41.6 Å². The van der Waals surface area contributed by atoms with Crippen LogP contribution in [0.25, 0.3) is 11.3 Å². The van der Waals surface area contributed by atoms with Crippen LogP contribution in [0.2, 0.25) is 0 Å². The Morgan fingerprint density at radius 1 is 1.33 bits per heavy atom. The minimum absolute atomic E-state index is 0.277. The van der Waals surface area contributed by atoms with Gasteiger partial charge in [-0.05, 0) is 25.8 Å². The second-order valence-corrected chi connectivity index (χ2v) is 5.30. The lowest BCUT2D eigenvalue weighted by Gasteiger charge is -2.21. The number of benzene rings is 1. The van der Waals surface area contributed by atoms with Gasteiger partial charge in [0.2, 0.25) is 0 Å². The molecule has 0 saturated carbocycles. The number of hydrogen-bond acceptors (Lipinski definition) is 2. The Kier molecular flexibility index (Phi) is 2.71. The molecule has 2 aromatic rings. The summed E-state index contributed by atoms with van der Waals surface area (Å²) in [5.74, 6) is 0. The predicted octanol–water partition coefficient (Wildman–Crippen LogP) is 2.44. The number of fused-ring (bicyclic) bond motifs is 1. The maximum atomic E-state index is 6.08. The largest absolute Gasteiger partial charge is 0.334 e. The third-order valence-electron chi connectivity index (χ3n) is 3.78. The Labute approximate surface area is 108 Å². The van der Waals surface area contributed by atoms with Crippen LogP contribution >= 0.6 is 0 Å². The number of nitrogens with zero attached hydrogens (tertiary/aromatic N) is 2. The summed E-state index contributed by atoms with van der Waals surface area (Å²) in [5.41, 5.74) is 12.3. The van der Waals surface area contributed by atoms with E-state index in [1.54, 1.807) is 0 Å². The second-order valence-electron chi connectivity index (χ2n) is 5.30. The molecule has 3 rings (SSSR count). The molecule has 0 amide bonds. The van der Waals surface area contributed by atoms with Crippen LogP contribution in [0.1, 0.15) is 23.2 Å². The molecule has 0 bridgehead atoms. The number of aryl methyl sites for hydroxylation is 3. The van der Waals surface area contributed by atoms with Crippen LogP contribution < -0.4 is 5.73 Å². The van der Waals surface area contributed by atoms with Crippen LogP contribution in [0.5, 0.6) is 0 Å². The molecule has 1 atom stereocenters. The first-order chi connectivity index (χ1) is 8.65. The van der Waals surface area contributed by atoms with Crippen LogP contribution in [0.15, 0.2) is 24.5 Å². The van der Waals surface area contributed by atoms with Crippen LogP contribution in [0.4, 0.5) is 0 Å². The van der Waals surface area contributed by atoms with Gasteiger partial charge < -0.3 is 10.3 Å². The number of rotatable bonds is 1. The molecule has 0 radical (unpaired) electrons. The Morgan fingerprint density at radius 2 is 2.17 bits per heavy atom. The van der Waals surface area contributed by atoms with Gasteiger partial charge in [-0.25, -0.2) is 4.98 Å². The summed E-state index contributed by atoms with van der Waals surface area (Å²) in [5, 5.41) is 0. The smallest absolute Gasteiger partial charge is 0.0956 e. The monoisotopic (exact) mass is 241 g/mol. The van der Waals surface area contributed by atoms with E-state index in [0.29, 0.717) is 0 Å². The van der Waals surface area contributed by atoms with Crippen LogP contribution in [-0.4, -0.2) is 15.6 Å². The van der Waals surface area contributed by atoms with Crippen molar-refractivity contribution in [2.24, 2.45) is 5.73 Å². The van der Waals surface area contributed by atoms with Crippen molar-refractivity contribution >= 4 is 0 Å². The summed E-state index contributed by atoms with van der Waals surface area (Å²) in [7, 11) is 0. The molecule has 3 nitrogen and oxygen atoms in total. The van der Waals surface area contributed by atoms with E-state index >= 15 is 0 Å². The molecule has 3 heteroatoms. The summed E-state index contributed by atoms with van der Waals surface area (Å²) in [6.07, 6.45) is 3.94. The highest BCUT2D eigenvalue weighted by molar-refractivity contribution is 5.66. The van der Waals surface area contributed by atoms with Gasteiger partial charge in [-0.3, -0.25) is 0 Å². The number of imidazole rings is 1. The molecule has 0 fully saturated rings. The molecule has 1 aliphatic rings. The van der Waals surface area contributed by atoms with E-state index < -0.39 is 0 Å². The van der Waals surface area contributed by atoms with Crippen molar-refractivity contribution in [1.82, 2.24) is 9.55 Å². The highest BCUT2D eigenvalue weighted by Gasteiger charge is 2.21. The minimum atomic E-state index is 0.277. The number of aromatic nitrogens is 2. The molecule has 1 unspecified atom stereocenters. The van der Waals surface area contributed by atoms with Crippen molar-refractivity contribution in [3.05, 3.63) is 41.3 Å². The Bertz CT molecular complexity index is 583. The lowest BCUT2D eigenvalue weighted by molar-refractivity contribution is 0.472. The van der Waals surface area contributed by atoms with Gasteiger partial charge in [0.05, 0.1) is 12.0 Å². The van der Waals surface area contributed by atoms with Gasteiger partial charge in [0.25, 0.3) is 0 Å². The van der Waals surface area contributed by atoms with Crippen molar-refractivity contribution in [3.63, 3.8) is 0 Å². The average molecular weight is 241 g/mol. The van der Waals surface area contributed by atoms with Crippen molar-refractivity contribution < 1.29 is 0 Å². The highest BCUT2D eigenvalue weighted by atomic mass is 15.1. The van der Waals surface area contributed by atoms with Gasteiger partial charge in [-0.1, -0.05) is 23.8 Å². The van der Waals surface area contributed by atoms with E-state index in [9.17, 15) is 0 Å². The van der Waals surface area contributed by atoms with Gasteiger partial charge in [0, 0.05) is 30.3 Å².